The maximum absolute atomic E-state index is 10.6. The van der Waals surface area contributed by atoms with Gasteiger partial charge in [0.15, 0.2) is 0 Å². The molecule has 4 heteroatoms. The molecule has 0 bridgehead atoms. The molecule has 0 fully saturated rings. The van der Waals surface area contributed by atoms with E-state index in [9.17, 15) is 10.1 Å². The minimum atomic E-state index is -0.369. The third-order valence-corrected chi connectivity index (χ3v) is 3.72. The first-order valence-corrected chi connectivity index (χ1v) is 6.92. The fourth-order valence-electron chi connectivity index (χ4n) is 2.52. The van der Waals surface area contributed by atoms with E-state index in [2.05, 4.69) is 42.0 Å². The normalized spacial score (nSPS) is 10.9. The Labute approximate surface area is 122 Å². The van der Waals surface area contributed by atoms with Crippen molar-refractivity contribution in [2.24, 2.45) is 0 Å². The quantitative estimate of drug-likeness (QED) is 0.533. The van der Waals surface area contributed by atoms with Gasteiger partial charge in [-0.1, -0.05) is 24.3 Å². The van der Waals surface area contributed by atoms with Crippen molar-refractivity contribution in [1.82, 2.24) is 4.57 Å². The second-order valence-corrected chi connectivity index (χ2v) is 5.24. The number of hydrogen-bond acceptors (Lipinski definition) is 2. The van der Waals surface area contributed by atoms with Gasteiger partial charge in [0, 0.05) is 30.4 Å². The molecule has 1 aromatic heterocycles. The van der Waals surface area contributed by atoms with E-state index in [4.69, 9.17) is 0 Å². The van der Waals surface area contributed by atoms with Gasteiger partial charge in [0.2, 0.25) is 0 Å². The summed E-state index contributed by atoms with van der Waals surface area (Å²) in [6.07, 6.45) is 2.95. The SMILES string of the molecule is Cc1ccc2ccn(CCc3ccc([N+](=O)[O-])cc3)c2c1. The highest BCUT2D eigenvalue weighted by Gasteiger charge is 2.05. The van der Waals surface area contributed by atoms with Crippen LogP contribution in [0, 0.1) is 17.0 Å². The summed E-state index contributed by atoms with van der Waals surface area (Å²) in [6, 6.07) is 15.3. The van der Waals surface area contributed by atoms with Gasteiger partial charge in [-0.3, -0.25) is 10.1 Å². The standard InChI is InChI=1S/C17H16N2O2/c1-13-2-5-15-9-11-18(17(15)12-13)10-8-14-3-6-16(7-4-14)19(20)21/h2-7,9,11-12H,8,10H2,1H3. The van der Waals surface area contributed by atoms with Crippen LogP contribution in [0.4, 0.5) is 5.69 Å². The van der Waals surface area contributed by atoms with E-state index in [1.807, 2.05) is 12.1 Å². The van der Waals surface area contributed by atoms with Crippen LogP contribution in [0.2, 0.25) is 0 Å². The second kappa shape index (κ2) is 5.40. The Kier molecular flexibility index (Phi) is 3.44. The predicted octanol–water partition coefficient (Wildman–Crippen LogP) is 4.10. The van der Waals surface area contributed by atoms with Crippen LogP contribution in [-0.4, -0.2) is 9.49 Å². The predicted molar refractivity (Wildman–Crippen MR) is 83.5 cm³/mol. The van der Waals surface area contributed by atoms with Crippen LogP contribution in [0.1, 0.15) is 11.1 Å². The largest absolute Gasteiger partial charge is 0.347 e. The molecule has 0 saturated heterocycles. The van der Waals surface area contributed by atoms with Crippen molar-refractivity contribution in [3.63, 3.8) is 0 Å². The molecule has 3 rings (SSSR count). The number of nitro benzene ring substituents is 1. The Morgan fingerprint density at radius 3 is 2.57 bits per heavy atom. The van der Waals surface area contributed by atoms with E-state index in [1.54, 1.807) is 12.1 Å². The van der Waals surface area contributed by atoms with Gasteiger partial charge in [0.25, 0.3) is 5.69 Å². The Morgan fingerprint density at radius 1 is 1.10 bits per heavy atom. The minimum absolute atomic E-state index is 0.140. The first-order valence-electron chi connectivity index (χ1n) is 6.92. The van der Waals surface area contributed by atoms with E-state index < -0.39 is 0 Å². The summed E-state index contributed by atoms with van der Waals surface area (Å²) in [5, 5.41) is 11.9. The smallest absolute Gasteiger partial charge is 0.269 e. The van der Waals surface area contributed by atoms with Crippen molar-refractivity contribution in [2.75, 3.05) is 0 Å². The summed E-state index contributed by atoms with van der Waals surface area (Å²) in [5.41, 5.74) is 3.73. The molecule has 2 aromatic carbocycles. The maximum Gasteiger partial charge on any atom is 0.269 e. The zero-order chi connectivity index (χ0) is 14.8. The molecule has 0 radical (unpaired) electrons. The zero-order valence-electron chi connectivity index (χ0n) is 11.8. The van der Waals surface area contributed by atoms with Gasteiger partial charge in [-0.25, -0.2) is 0 Å². The van der Waals surface area contributed by atoms with Crippen molar-refractivity contribution in [1.29, 1.82) is 0 Å². The topological polar surface area (TPSA) is 48.1 Å². The van der Waals surface area contributed by atoms with Crippen LogP contribution in [0.3, 0.4) is 0 Å². The minimum Gasteiger partial charge on any atom is -0.347 e. The summed E-state index contributed by atoms with van der Waals surface area (Å²) in [7, 11) is 0. The molecule has 0 amide bonds. The Bertz CT molecular complexity index is 788. The van der Waals surface area contributed by atoms with Gasteiger partial charge in [-0.2, -0.15) is 0 Å². The highest BCUT2D eigenvalue weighted by Crippen LogP contribution is 2.18. The van der Waals surface area contributed by atoms with Crippen molar-refractivity contribution < 1.29 is 4.92 Å². The number of fused-ring (bicyclic) bond motifs is 1. The van der Waals surface area contributed by atoms with Crippen LogP contribution in [0.15, 0.2) is 54.7 Å². The zero-order valence-corrected chi connectivity index (χ0v) is 11.8. The lowest BCUT2D eigenvalue weighted by Gasteiger charge is -2.06. The van der Waals surface area contributed by atoms with E-state index in [1.165, 1.54) is 16.5 Å². The molecular formula is C17H16N2O2. The summed E-state index contributed by atoms with van der Waals surface area (Å²) < 4.78 is 2.23. The van der Waals surface area contributed by atoms with Gasteiger partial charge in [0.1, 0.15) is 0 Å². The average Bonchev–Trinajstić information content (AvgIpc) is 2.88. The Morgan fingerprint density at radius 2 is 1.86 bits per heavy atom. The van der Waals surface area contributed by atoms with Crippen LogP contribution >= 0.6 is 0 Å². The lowest BCUT2D eigenvalue weighted by atomic mass is 10.1. The number of rotatable bonds is 4. The molecule has 1 heterocycles. The third kappa shape index (κ3) is 2.79. The van der Waals surface area contributed by atoms with Crippen LogP contribution in [0.25, 0.3) is 10.9 Å². The van der Waals surface area contributed by atoms with Gasteiger partial charge < -0.3 is 4.57 Å². The number of benzene rings is 2. The van der Waals surface area contributed by atoms with Gasteiger partial charge in [-0.05, 0) is 42.0 Å². The van der Waals surface area contributed by atoms with Crippen LogP contribution in [-0.2, 0) is 13.0 Å². The number of non-ortho nitro benzene ring substituents is 1. The molecule has 21 heavy (non-hydrogen) atoms. The Balaban J connectivity index is 1.77. The van der Waals surface area contributed by atoms with Gasteiger partial charge in [0.05, 0.1) is 4.92 Å². The van der Waals surface area contributed by atoms with E-state index in [0.717, 1.165) is 18.5 Å². The fraction of sp³-hybridized carbons (Fsp3) is 0.176. The first kappa shape index (κ1) is 13.4. The molecular weight excluding hydrogens is 264 g/mol. The highest BCUT2D eigenvalue weighted by molar-refractivity contribution is 5.80. The fourth-order valence-corrected chi connectivity index (χ4v) is 2.52. The summed E-state index contributed by atoms with van der Waals surface area (Å²) in [4.78, 5) is 10.3. The van der Waals surface area contributed by atoms with E-state index in [-0.39, 0.29) is 10.6 Å². The summed E-state index contributed by atoms with van der Waals surface area (Å²) >= 11 is 0. The number of nitrogens with zero attached hydrogens (tertiary/aromatic N) is 2. The average molecular weight is 280 g/mol. The van der Waals surface area contributed by atoms with Gasteiger partial charge in [-0.15, -0.1) is 0 Å². The monoisotopic (exact) mass is 280 g/mol. The maximum atomic E-state index is 10.6. The molecule has 0 saturated carbocycles. The summed E-state index contributed by atoms with van der Waals surface area (Å²) in [6.45, 7) is 2.96. The molecule has 4 nitrogen and oxygen atoms in total. The lowest BCUT2D eigenvalue weighted by molar-refractivity contribution is -0.384. The van der Waals surface area contributed by atoms with Crippen LogP contribution < -0.4 is 0 Å². The molecule has 0 N–H and O–H groups in total. The molecule has 0 spiro atoms. The molecule has 0 aliphatic carbocycles. The second-order valence-electron chi connectivity index (χ2n) is 5.24. The molecule has 3 aromatic rings. The van der Waals surface area contributed by atoms with E-state index in [0.29, 0.717) is 0 Å². The molecule has 0 aliphatic rings. The van der Waals surface area contributed by atoms with Crippen molar-refractivity contribution >= 4 is 16.6 Å². The first-order chi connectivity index (χ1) is 10.1. The van der Waals surface area contributed by atoms with Crippen molar-refractivity contribution in [2.45, 2.75) is 19.9 Å². The Hall–Kier alpha value is -2.62. The number of aromatic nitrogens is 1. The number of nitro groups is 1. The van der Waals surface area contributed by atoms with Crippen molar-refractivity contribution in [3.05, 3.63) is 76.0 Å². The van der Waals surface area contributed by atoms with E-state index >= 15 is 0 Å². The number of aryl methyl sites for hydroxylation is 3. The molecule has 0 atom stereocenters. The summed E-state index contributed by atoms with van der Waals surface area (Å²) in [5.74, 6) is 0. The highest BCUT2D eigenvalue weighted by atomic mass is 16.6. The van der Waals surface area contributed by atoms with Gasteiger partial charge >= 0.3 is 0 Å². The van der Waals surface area contributed by atoms with Crippen molar-refractivity contribution in [3.8, 4) is 0 Å². The molecule has 0 unspecified atom stereocenters. The van der Waals surface area contributed by atoms with Crippen LogP contribution in [0.5, 0.6) is 0 Å². The molecule has 0 aliphatic heterocycles. The third-order valence-electron chi connectivity index (χ3n) is 3.72. The lowest BCUT2D eigenvalue weighted by Crippen LogP contribution is -2.00. The molecule has 106 valence electrons. The number of hydrogen-bond donors (Lipinski definition) is 0.